The van der Waals surface area contributed by atoms with Crippen LogP contribution in [0.15, 0.2) is 18.5 Å². The molecule has 1 aliphatic heterocycles. The van der Waals surface area contributed by atoms with Gasteiger partial charge in [0.05, 0.1) is 17.5 Å². The van der Waals surface area contributed by atoms with E-state index < -0.39 is 12.7 Å². The highest BCUT2D eigenvalue weighted by Gasteiger charge is 2.31. The molecule has 0 aromatic carbocycles. The molecule has 0 saturated carbocycles. The molecule has 0 radical (unpaired) electrons. The van der Waals surface area contributed by atoms with Crippen molar-refractivity contribution in [3.05, 3.63) is 18.5 Å². The zero-order valence-corrected chi connectivity index (χ0v) is 9.17. The Morgan fingerprint density at radius 1 is 1.44 bits per heavy atom. The van der Waals surface area contributed by atoms with Gasteiger partial charge < -0.3 is 20.1 Å². The van der Waals surface area contributed by atoms with E-state index in [4.69, 9.17) is 10.0 Å². The van der Waals surface area contributed by atoms with E-state index >= 15 is 0 Å². The van der Waals surface area contributed by atoms with Crippen LogP contribution in [0.5, 0.6) is 0 Å². The second-order valence-electron chi connectivity index (χ2n) is 4.52. The lowest BCUT2D eigenvalue weighted by Gasteiger charge is -2.20. The zero-order valence-electron chi connectivity index (χ0n) is 9.17. The van der Waals surface area contributed by atoms with Gasteiger partial charge in [-0.2, -0.15) is 0 Å². The molecule has 0 aliphatic carbocycles. The summed E-state index contributed by atoms with van der Waals surface area (Å²) in [4.78, 5) is 5.94. The Labute approximate surface area is 94.5 Å². The van der Waals surface area contributed by atoms with Gasteiger partial charge in [0.1, 0.15) is 0 Å². The quantitative estimate of drug-likeness (QED) is 0.543. The number of anilines is 1. The Hall–Kier alpha value is -1.11. The number of β-amino-alcohol motifs (C(OH)–C–C–N with tert-alkyl or cyclic N) is 1. The SMILES string of the molecule is C[C@@]1(O)CCN(c2cncc(B(O)O)c2)C1. The monoisotopic (exact) mass is 222 g/mol. The molecule has 0 amide bonds. The maximum Gasteiger partial charge on any atom is 0.490 e. The highest BCUT2D eigenvalue weighted by Crippen LogP contribution is 2.25. The molecule has 6 heteroatoms. The summed E-state index contributed by atoms with van der Waals surface area (Å²) in [5, 5.41) is 27.9. The minimum absolute atomic E-state index is 0.365. The van der Waals surface area contributed by atoms with E-state index in [0.717, 1.165) is 12.2 Å². The molecule has 0 bridgehead atoms. The van der Waals surface area contributed by atoms with Crippen LogP contribution in [0, 0.1) is 0 Å². The molecular formula is C10H15BN2O3. The van der Waals surface area contributed by atoms with E-state index in [1.807, 2.05) is 4.90 Å². The van der Waals surface area contributed by atoms with Crippen LogP contribution in [-0.2, 0) is 0 Å². The summed E-state index contributed by atoms with van der Waals surface area (Å²) < 4.78 is 0. The first-order valence-corrected chi connectivity index (χ1v) is 5.26. The third kappa shape index (κ3) is 2.34. The van der Waals surface area contributed by atoms with Crippen molar-refractivity contribution in [2.24, 2.45) is 0 Å². The lowest BCUT2D eigenvalue weighted by molar-refractivity contribution is 0.0839. The summed E-state index contributed by atoms with van der Waals surface area (Å²) in [6.07, 6.45) is 3.79. The van der Waals surface area contributed by atoms with Crippen molar-refractivity contribution in [1.29, 1.82) is 0 Å². The highest BCUT2D eigenvalue weighted by atomic mass is 16.4. The number of aliphatic hydroxyl groups is 1. The molecule has 2 heterocycles. The van der Waals surface area contributed by atoms with E-state index in [1.54, 1.807) is 19.2 Å². The second-order valence-corrected chi connectivity index (χ2v) is 4.52. The lowest BCUT2D eigenvalue weighted by atomic mass is 9.81. The summed E-state index contributed by atoms with van der Waals surface area (Å²) in [7, 11) is -1.50. The average molecular weight is 222 g/mol. The molecule has 1 aromatic rings. The van der Waals surface area contributed by atoms with Crippen LogP contribution in [-0.4, -0.2) is 45.9 Å². The van der Waals surface area contributed by atoms with Crippen LogP contribution in [0.1, 0.15) is 13.3 Å². The normalized spacial score (nSPS) is 24.9. The Balaban J connectivity index is 2.19. The molecular weight excluding hydrogens is 207 g/mol. The van der Waals surface area contributed by atoms with Gasteiger partial charge in [-0.05, 0) is 19.4 Å². The van der Waals surface area contributed by atoms with Gasteiger partial charge in [0.15, 0.2) is 0 Å². The minimum Gasteiger partial charge on any atom is -0.423 e. The van der Waals surface area contributed by atoms with Crippen LogP contribution >= 0.6 is 0 Å². The van der Waals surface area contributed by atoms with E-state index in [2.05, 4.69) is 4.98 Å². The fourth-order valence-electron chi connectivity index (χ4n) is 1.92. The van der Waals surface area contributed by atoms with Crippen LogP contribution in [0.2, 0.25) is 0 Å². The van der Waals surface area contributed by atoms with Crippen LogP contribution in [0.3, 0.4) is 0 Å². The summed E-state index contributed by atoms with van der Waals surface area (Å²) in [6, 6.07) is 1.68. The van der Waals surface area contributed by atoms with E-state index in [9.17, 15) is 5.11 Å². The molecule has 1 atom stereocenters. The van der Waals surface area contributed by atoms with Gasteiger partial charge in [-0.3, -0.25) is 4.98 Å². The van der Waals surface area contributed by atoms with Crippen LogP contribution in [0.4, 0.5) is 5.69 Å². The smallest absolute Gasteiger partial charge is 0.423 e. The van der Waals surface area contributed by atoms with Gasteiger partial charge in [-0.25, -0.2) is 0 Å². The predicted molar refractivity (Wildman–Crippen MR) is 61.5 cm³/mol. The third-order valence-electron chi connectivity index (χ3n) is 2.86. The van der Waals surface area contributed by atoms with Gasteiger partial charge in [0, 0.05) is 24.7 Å². The largest absolute Gasteiger partial charge is 0.490 e. The minimum atomic E-state index is -1.50. The molecule has 86 valence electrons. The lowest BCUT2D eigenvalue weighted by Crippen LogP contribution is -2.33. The molecule has 3 N–H and O–H groups in total. The standard InChI is InChI=1S/C10H15BN2O3/c1-10(14)2-3-13(7-10)9-4-8(11(15)16)5-12-6-9/h4-6,14-16H,2-3,7H2,1H3/t10-/m1/s1. The van der Waals surface area contributed by atoms with Gasteiger partial charge in [-0.1, -0.05) is 0 Å². The summed E-state index contributed by atoms with van der Waals surface area (Å²) in [5.74, 6) is 0. The number of hydrogen-bond donors (Lipinski definition) is 3. The van der Waals surface area contributed by atoms with Gasteiger partial charge in [0.25, 0.3) is 0 Å². The summed E-state index contributed by atoms with van der Waals surface area (Å²) >= 11 is 0. The molecule has 5 nitrogen and oxygen atoms in total. The van der Waals surface area contributed by atoms with E-state index in [1.165, 1.54) is 6.20 Å². The van der Waals surface area contributed by atoms with Crippen LogP contribution < -0.4 is 10.4 Å². The number of hydrogen-bond acceptors (Lipinski definition) is 5. The van der Waals surface area contributed by atoms with Crippen molar-refractivity contribution in [2.45, 2.75) is 18.9 Å². The summed E-state index contributed by atoms with van der Waals surface area (Å²) in [6.45, 7) is 3.09. The molecule has 16 heavy (non-hydrogen) atoms. The number of rotatable bonds is 2. The zero-order chi connectivity index (χ0) is 11.8. The van der Waals surface area contributed by atoms with Crippen molar-refractivity contribution in [2.75, 3.05) is 18.0 Å². The molecule has 1 fully saturated rings. The number of pyridine rings is 1. The maximum atomic E-state index is 9.84. The Kier molecular flexibility index (Phi) is 2.88. The molecule has 1 aliphatic rings. The fraction of sp³-hybridized carbons (Fsp3) is 0.500. The first-order chi connectivity index (χ1) is 7.48. The van der Waals surface area contributed by atoms with Gasteiger partial charge in [-0.15, -0.1) is 0 Å². The molecule has 1 saturated heterocycles. The molecule has 0 unspecified atom stereocenters. The first kappa shape index (κ1) is 11.4. The Morgan fingerprint density at radius 2 is 2.19 bits per heavy atom. The average Bonchev–Trinajstić information content (AvgIpc) is 2.59. The van der Waals surface area contributed by atoms with Crippen molar-refractivity contribution in [3.8, 4) is 0 Å². The highest BCUT2D eigenvalue weighted by molar-refractivity contribution is 6.58. The predicted octanol–water partition coefficient (Wildman–Crippen LogP) is -1.28. The molecule has 0 spiro atoms. The second kappa shape index (κ2) is 4.05. The molecule has 2 rings (SSSR count). The third-order valence-corrected chi connectivity index (χ3v) is 2.86. The van der Waals surface area contributed by atoms with Crippen molar-refractivity contribution >= 4 is 18.3 Å². The van der Waals surface area contributed by atoms with E-state index in [0.29, 0.717) is 18.4 Å². The molecule has 1 aromatic heterocycles. The Bertz CT molecular complexity index is 384. The van der Waals surface area contributed by atoms with Gasteiger partial charge in [0.2, 0.25) is 0 Å². The maximum absolute atomic E-state index is 9.84. The van der Waals surface area contributed by atoms with Crippen LogP contribution in [0.25, 0.3) is 0 Å². The fourth-order valence-corrected chi connectivity index (χ4v) is 1.92. The topological polar surface area (TPSA) is 76.8 Å². The van der Waals surface area contributed by atoms with Crippen molar-refractivity contribution < 1.29 is 15.2 Å². The van der Waals surface area contributed by atoms with Crippen molar-refractivity contribution in [1.82, 2.24) is 4.98 Å². The first-order valence-electron chi connectivity index (χ1n) is 5.26. The van der Waals surface area contributed by atoms with Crippen molar-refractivity contribution in [3.63, 3.8) is 0 Å². The van der Waals surface area contributed by atoms with E-state index in [-0.39, 0.29) is 0 Å². The Morgan fingerprint density at radius 3 is 2.75 bits per heavy atom. The number of nitrogens with zero attached hydrogens (tertiary/aromatic N) is 2. The van der Waals surface area contributed by atoms with Gasteiger partial charge >= 0.3 is 7.12 Å². The number of aromatic nitrogens is 1. The summed E-state index contributed by atoms with van der Waals surface area (Å²) in [5.41, 5.74) is 0.501.